The summed E-state index contributed by atoms with van der Waals surface area (Å²) in [6, 6.07) is 0. The number of aromatic nitrogens is 2. The highest BCUT2D eigenvalue weighted by atomic mass is 32.2. The monoisotopic (exact) mass is 219 g/mol. The minimum absolute atomic E-state index is 0.0638. The van der Waals surface area contributed by atoms with Crippen molar-refractivity contribution in [1.29, 1.82) is 0 Å². The quantitative estimate of drug-likeness (QED) is 0.653. The van der Waals surface area contributed by atoms with Crippen LogP contribution < -0.4 is 4.72 Å². The maximum Gasteiger partial charge on any atom is 0.322 e. The molecular weight excluding hydrogens is 210 g/mol. The number of carbonyl (C=O) groups excluding carboxylic acids is 1. The normalized spacial score (nSPS) is 10.9. The van der Waals surface area contributed by atoms with Crippen molar-refractivity contribution in [3.63, 3.8) is 0 Å². The van der Waals surface area contributed by atoms with Crippen molar-refractivity contribution in [3.8, 4) is 0 Å². The van der Waals surface area contributed by atoms with Crippen LogP contribution in [0.5, 0.6) is 0 Å². The number of ether oxygens (including phenoxy) is 1. The highest BCUT2D eigenvalue weighted by Gasteiger charge is 2.17. The standard InChI is InChI=1S/C6H9N3O4S/c1-13-5(10)4-14(11,12)9-6-7-2-3-8-6/h2-3H,4H2,1H3,(H2,7,8,9). The number of carbonyl (C=O) groups is 1. The second kappa shape index (κ2) is 4.09. The van der Waals surface area contributed by atoms with Gasteiger partial charge in [-0.25, -0.2) is 13.4 Å². The molecule has 0 spiro atoms. The van der Waals surface area contributed by atoms with E-state index in [9.17, 15) is 13.2 Å². The molecule has 0 unspecified atom stereocenters. The number of nitrogens with zero attached hydrogens (tertiary/aromatic N) is 1. The Labute approximate surface area is 80.5 Å². The Hall–Kier alpha value is -1.57. The zero-order chi connectivity index (χ0) is 10.6. The van der Waals surface area contributed by atoms with Gasteiger partial charge in [-0.2, -0.15) is 0 Å². The van der Waals surface area contributed by atoms with Gasteiger partial charge in [-0.05, 0) is 0 Å². The maximum atomic E-state index is 11.2. The van der Waals surface area contributed by atoms with Crippen LogP contribution in [0.3, 0.4) is 0 Å². The van der Waals surface area contributed by atoms with Crippen molar-refractivity contribution >= 4 is 21.9 Å². The summed E-state index contributed by atoms with van der Waals surface area (Å²) in [7, 11) is -2.62. The van der Waals surface area contributed by atoms with Gasteiger partial charge in [0, 0.05) is 12.4 Å². The molecule has 0 atom stereocenters. The van der Waals surface area contributed by atoms with Crippen molar-refractivity contribution in [1.82, 2.24) is 9.97 Å². The zero-order valence-electron chi connectivity index (χ0n) is 7.35. The van der Waals surface area contributed by atoms with Gasteiger partial charge in [0.1, 0.15) is 0 Å². The predicted molar refractivity (Wildman–Crippen MR) is 48.0 cm³/mol. The van der Waals surface area contributed by atoms with Crippen molar-refractivity contribution in [2.24, 2.45) is 0 Å². The summed E-state index contributed by atoms with van der Waals surface area (Å²) >= 11 is 0. The van der Waals surface area contributed by atoms with Gasteiger partial charge < -0.3 is 9.72 Å². The lowest BCUT2D eigenvalue weighted by Gasteiger charge is -2.02. The zero-order valence-corrected chi connectivity index (χ0v) is 8.17. The number of H-pyrrole nitrogens is 1. The van der Waals surface area contributed by atoms with E-state index in [1.165, 1.54) is 12.4 Å². The van der Waals surface area contributed by atoms with Crippen LogP contribution in [0.15, 0.2) is 12.4 Å². The first-order chi connectivity index (χ1) is 6.53. The van der Waals surface area contributed by atoms with Crippen LogP contribution in [0.25, 0.3) is 0 Å². The Bertz CT molecular complexity index is 397. The number of hydrogen-bond donors (Lipinski definition) is 2. The largest absolute Gasteiger partial charge is 0.468 e. The number of rotatable bonds is 4. The van der Waals surface area contributed by atoms with Gasteiger partial charge in [-0.15, -0.1) is 0 Å². The molecule has 0 radical (unpaired) electrons. The molecule has 0 aliphatic rings. The highest BCUT2D eigenvalue weighted by Crippen LogP contribution is 2.00. The molecule has 0 aliphatic carbocycles. The van der Waals surface area contributed by atoms with Gasteiger partial charge in [0.15, 0.2) is 5.75 Å². The van der Waals surface area contributed by atoms with Crippen LogP contribution in [-0.4, -0.2) is 37.2 Å². The molecule has 8 heteroatoms. The van der Waals surface area contributed by atoms with Crippen LogP contribution >= 0.6 is 0 Å². The van der Waals surface area contributed by atoms with Gasteiger partial charge >= 0.3 is 5.97 Å². The lowest BCUT2D eigenvalue weighted by Crippen LogP contribution is -2.24. The summed E-state index contributed by atoms with van der Waals surface area (Å²) in [5, 5.41) is 0. The van der Waals surface area contributed by atoms with Gasteiger partial charge in [-0.3, -0.25) is 9.52 Å². The molecule has 78 valence electrons. The fourth-order valence-electron chi connectivity index (χ4n) is 0.719. The summed E-state index contributed by atoms with van der Waals surface area (Å²) in [4.78, 5) is 16.9. The van der Waals surface area contributed by atoms with Crippen LogP contribution in [0, 0.1) is 0 Å². The molecule has 1 aromatic rings. The number of nitrogens with one attached hydrogen (secondary N) is 2. The van der Waals surface area contributed by atoms with E-state index in [1.54, 1.807) is 0 Å². The van der Waals surface area contributed by atoms with E-state index in [-0.39, 0.29) is 5.95 Å². The number of sulfonamides is 1. The van der Waals surface area contributed by atoms with Crippen molar-refractivity contribution < 1.29 is 17.9 Å². The molecule has 0 aliphatic heterocycles. The third-order valence-corrected chi connectivity index (χ3v) is 2.41. The minimum Gasteiger partial charge on any atom is -0.468 e. The summed E-state index contributed by atoms with van der Waals surface area (Å²) in [5.41, 5.74) is 0. The summed E-state index contributed by atoms with van der Waals surface area (Å²) in [6.07, 6.45) is 2.84. The second-order valence-electron chi connectivity index (χ2n) is 2.38. The molecule has 0 bridgehead atoms. The van der Waals surface area contributed by atoms with E-state index in [2.05, 4.69) is 19.4 Å². The molecule has 0 saturated carbocycles. The Kier molecular flexibility index (Phi) is 3.07. The summed E-state index contributed by atoms with van der Waals surface area (Å²) in [6.45, 7) is 0. The van der Waals surface area contributed by atoms with Crippen LogP contribution in [-0.2, 0) is 19.6 Å². The Morgan fingerprint density at radius 1 is 1.71 bits per heavy atom. The lowest BCUT2D eigenvalue weighted by molar-refractivity contribution is -0.137. The van der Waals surface area contributed by atoms with Gasteiger partial charge in [0.05, 0.1) is 7.11 Å². The second-order valence-corrected chi connectivity index (χ2v) is 4.10. The maximum absolute atomic E-state index is 11.2. The van der Waals surface area contributed by atoms with Crippen molar-refractivity contribution in [2.75, 3.05) is 17.6 Å². The smallest absolute Gasteiger partial charge is 0.322 e. The number of aromatic amines is 1. The Balaban J connectivity index is 2.64. The lowest BCUT2D eigenvalue weighted by atomic mass is 10.8. The molecule has 1 heterocycles. The van der Waals surface area contributed by atoms with Crippen LogP contribution in [0.2, 0.25) is 0 Å². The molecule has 1 aromatic heterocycles. The van der Waals surface area contributed by atoms with Gasteiger partial charge in [0.25, 0.3) is 0 Å². The number of hydrogen-bond acceptors (Lipinski definition) is 5. The molecule has 2 N–H and O–H groups in total. The molecular formula is C6H9N3O4S. The van der Waals surface area contributed by atoms with E-state index in [4.69, 9.17) is 0 Å². The first-order valence-corrected chi connectivity index (χ1v) is 5.25. The molecule has 0 amide bonds. The molecule has 14 heavy (non-hydrogen) atoms. The van der Waals surface area contributed by atoms with E-state index in [1.807, 2.05) is 0 Å². The van der Waals surface area contributed by atoms with Crippen molar-refractivity contribution in [2.45, 2.75) is 0 Å². The van der Waals surface area contributed by atoms with E-state index in [0.717, 1.165) is 7.11 Å². The van der Waals surface area contributed by atoms with Crippen LogP contribution in [0.4, 0.5) is 5.95 Å². The highest BCUT2D eigenvalue weighted by molar-refractivity contribution is 7.93. The fraction of sp³-hybridized carbons (Fsp3) is 0.333. The molecule has 0 aromatic carbocycles. The molecule has 0 saturated heterocycles. The third kappa shape index (κ3) is 3.05. The third-order valence-electron chi connectivity index (χ3n) is 1.29. The summed E-state index contributed by atoms with van der Waals surface area (Å²) in [5.74, 6) is -1.50. The Morgan fingerprint density at radius 2 is 2.43 bits per heavy atom. The number of imidazole rings is 1. The SMILES string of the molecule is COC(=O)CS(=O)(=O)Nc1ncc[nH]1. The fourth-order valence-corrected chi connectivity index (χ4v) is 1.63. The number of methoxy groups -OCH3 is 1. The van der Waals surface area contributed by atoms with Crippen molar-refractivity contribution in [3.05, 3.63) is 12.4 Å². The Morgan fingerprint density at radius 3 is 2.93 bits per heavy atom. The molecule has 7 nitrogen and oxygen atoms in total. The van der Waals surface area contributed by atoms with Gasteiger partial charge in [-0.1, -0.05) is 0 Å². The molecule has 1 rings (SSSR count). The minimum atomic E-state index is -3.73. The van der Waals surface area contributed by atoms with E-state index < -0.39 is 21.7 Å². The van der Waals surface area contributed by atoms with Crippen LogP contribution in [0.1, 0.15) is 0 Å². The van der Waals surface area contributed by atoms with E-state index >= 15 is 0 Å². The number of anilines is 1. The number of esters is 1. The average molecular weight is 219 g/mol. The van der Waals surface area contributed by atoms with E-state index in [0.29, 0.717) is 0 Å². The average Bonchev–Trinajstić information content (AvgIpc) is 2.54. The predicted octanol–water partition coefficient (Wildman–Crippen LogP) is -0.676. The topological polar surface area (TPSA) is 101 Å². The summed E-state index contributed by atoms with van der Waals surface area (Å²) < 4.78 is 28.7. The molecule has 0 fully saturated rings. The van der Waals surface area contributed by atoms with Gasteiger partial charge in [0.2, 0.25) is 16.0 Å². The first kappa shape index (κ1) is 10.5. The first-order valence-electron chi connectivity index (χ1n) is 3.60.